The summed E-state index contributed by atoms with van der Waals surface area (Å²) in [7, 11) is 0. The molecular weight excluding hydrogens is 162 g/mol. The molecule has 1 aliphatic heterocycles. The number of nitrogens with two attached hydrogens (primary N) is 1. The molecule has 1 aliphatic carbocycles. The molecule has 1 heterocycles. The van der Waals surface area contributed by atoms with Crippen molar-refractivity contribution in [3.63, 3.8) is 0 Å². The molecule has 0 aromatic carbocycles. The van der Waals surface area contributed by atoms with Crippen LogP contribution in [0.15, 0.2) is 0 Å². The van der Waals surface area contributed by atoms with Crippen molar-refractivity contribution in [2.75, 3.05) is 19.8 Å². The molecule has 2 rings (SSSR count). The summed E-state index contributed by atoms with van der Waals surface area (Å²) in [6.07, 6.45) is 3.89. The van der Waals surface area contributed by atoms with Crippen molar-refractivity contribution < 1.29 is 4.74 Å². The molecule has 0 amide bonds. The van der Waals surface area contributed by atoms with Crippen molar-refractivity contribution >= 4 is 12.4 Å². The zero-order valence-corrected chi connectivity index (χ0v) is 7.53. The maximum absolute atomic E-state index is 5.60. The van der Waals surface area contributed by atoms with Gasteiger partial charge in [-0.2, -0.15) is 0 Å². The highest BCUT2D eigenvalue weighted by Crippen LogP contribution is 2.58. The molecule has 2 fully saturated rings. The Morgan fingerprint density at radius 3 is 2.45 bits per heavy atom. The summed E-state index contributed by atoms with van der Waals surface area (Å²) in [5.41, 5.74) is 6.24. The third-order valence-corrected chi connectivity index (χ3v) is 3.13. The SMILES string of the molecule is Cl.NCC1CC12CCOCC2. The Kier molecular flexibility index (Phi) is 2.79. The average molecular weight is 178 g/mol. The van der Waals surface area contributed by atoms with Crippen molar-refractivity contribution in [2.24, 2.45) is 17.1 Å². The molecule has 3 heteroatoms. The van der Waals surface area contributed by atoms with Crippen LogP contribution in [0.4, 0.5) is 0 Å². The van der Waals surface area contributed by atoms with Gasteiger partial charge in [0.2, 0.25) is 0 Å². The van der Waals surface area contributed by atoms with Gasteiger partial charge in [-0.25, -0.2) is 0 Å². The molecule has 0 radical (unpaired) electrons. The van der Waals surface area contributed by atoms with Crippen LogP contribution in [-0.2, 0) is 4.74 Å². The van der Waals surface area contributed by atoms with E-state index in [2.05, 4.69) is 0 Å². The van der Waals surface area contributed by atoms with E-state index in [1.165, 1.54) is 19.3 Å². The van der Waals surface area contributed by atoms with Crippen LogP contribution in [-0.4, -0.2) is 19.8 Å². The number of hydrogen-bond acceptors (Lipinski definition) is 2. The normalized spacial score (nSPS) is 33.0. The molecule has 2 nitrogen and oxygen atoms in total. The predicted octanol–water partition coefficient (Wildman–Crippen LogP) is 1.18. The zero-order valence-electron chi connectivity index (χ0n) is 6.71. The maximum atomic E-state index is 5.60. The Morgan fingerprint density at radius 2 is 2.00 bits per heavy atom. The van der Waals surface area contributed by atoms with Gasteiger partial charge in [0.1, 0.15) is 0 Å². The first-order valence-electron chi connectivity index (χ1n) is 4.15. The summed E-state index contributed by atoms with van der Waals surface area (Å²) in [4.78, 5) is 0. The standard InChI is InChI=1S/C8H15NO.ClH/c9-6-7-5-8(7)1-3-10-4-2-8;/h7H,1-6,9H2;1H. The van der Waals surface area contributed by atoms with Gasteiger partial charge in [-0.3, -0.25) is 0 Å². The summed E-state index contributed by atoms with van der Waals surface area (Å²) < 4.78 is 5.30. The summed E-state index contributed by atoms with van der Waals surface area (Å²) in [5.74, 6) is 0.830. The van der Waals surface area contributed by atoms with E-state index < -0.39 is 0 Å². The van der Waals surface area contributed by atoms with Crippen molar-refractivity contribution in [3.05, 3.63) is 0 Å². The van der Waals surface area contributed by atoms with Crippen LogP contribution in [0.1, 0.15) is 19.3 Å². The highest BCUT2D eigenvalue weighted by molar-refractivity contribution is 5.85. The Bertz CT molecular complexity index is 134. The first kappa shape index (κ1) is 9.30. The lowest BCUT2D eigenvalue weighted by Gasteiger charge is -2.22. The largest absolute Gasteiger partial charge is 0.381 e. The lowest BCUT2D eigenvalue weighted by Crippen LogP contribution is -2.20. The Morgan fingerprint density at radius 1 is 1.36 bits per heavy atom. The second-order valence-corrected chi connectivity index (χ2v) is 3.61. The number of ether oxygens (including phenoxy) is 1. The summed E-state index contributed by atoms with van der Waals surface area (Å²) in [6.45, 7) is 2.83. The van der Waals surface area contributed by atoms with Crippen LogP contribution >= 0.6 is 12.4 Å². The molecule has 1 atom stereocenters. The van der Waals surface area contributed by atoms with Gasteiger partial charge in [0, 0.05) is 13.2 Å². The summed E-state index contributed by atoms with van der Waals surface area (Å²) in [5, 5.41) is 0. The van der Waals surface area contributed by atoms with Crippen molar-refractivity contribution in [2.45, 2.75) is 19.3 Å². The molecule has 2 N–H and O–H groups in total. The Labute approximate surface area is 73.9 Å². The molecule has 0 aromatic rings. The van der Waals surface area contributed by atoms with Gasteiger partial charge in [-0.05, 0) is 37.1 Å². The zero-order chi connectivity index (χ0) is 7.03. The van der Waals surface area contributed by atoms with E-state index in [4.69, 9.17) is 10.5 Å². The van der Waals surface area contributed by atoms with Crippen LogP contribution in [0.2, 0.25) is 0 Å². The number of hydrogen-bond donors (Lipinski definition) is 1. The van der Waals surface area contributed by atoms with E-state index in [1.54, 1.807) is 0 Å². The second-order valence-electron chi connectivity index (χ2n) is 3.61. The minimum atomic E-state index is 0. The fourth-order valence-corrected chi connectivity index (χ4v) is 2.16. The molecule has 1 spiro atoms. The molecule has 1 saturated carbocycles. The molecular formula is C8H16ClNO. The average Bonchev–Trinajstić information content (AvgIpc) is 2.65. The van der Waals surface area contributed by atoms with Crippen molar-refractivity contribution in [3.8, 4) is 0 Å². The van der Waals surface area contributed by atoms with Gasteiger partial charge in [0.05, 0.1) is 0 Å². The highest BCUT2D eigenvalue weighted by Gasteiger charge is 2.52. The molecule has 0 bridgehead atoms. The first-order chi connectivity index (χ1) is 4.87. The molecule has 66 valence electrons. The van der Waals surface area contributed by atoms with E-state index in [0.29, 0.717) is 5.41 Å². The number of rotatable bonds is 1. The molecule has 11 heavy (non-hydrogen) atoms. The van der Waals surface area contributed by atoms with E-state index in [1.807, 2.05) is 0 Å². The van der Waals surface area contributed by atoms with E-state index in [9.17, 15) is 0 Å². The first-order valence-corrected chi connectivity index (χ1v) is 4.15. The fourth-order valence-electron chi connectivity index (χ4n) is 2.16. The minimum Gasteiger partial charge on any atom is -0.381 e. The summed E-state index contributed by atoms with van der Waals surface area (Å²) in [6, 6.07) is 0. The molecule has 1 saturated heterocycles. The minimum absolute atomic E-state index is 0. The molecule has 0 aromatic heterocycles. The highest BCUT2D eigenvalue weighted by atomic mass is 35.5. The van der Waals surface area contributed by atoms with Crippen LogP contribution < -0.4 is 5.73 Å². The predicted molar refractivity (Wildman–Crippen MR) is 46.9 cm³/mol. The van der Waals surface area contributed by atoms with Gasteiger partial charge in [0.15, 0.2) is 0 Å². The van der Waals surface area contributed by atoms with Crippen molar-refractivity contribution in [1.29, 1.82) is 0 Å². The van der Waals surface area contributed by atoms with Crippen LogP contribution in [0.3, 0.4) is 0 Å². The van der Waals surface area contributed by atoms with Crippen LogP contribution in [0.5, 0.6) is 0 Å². The quantitative estimate of drug-likeness (QED) is 0.653. The number of halogens is 1. The fraction of sp³-hybridized carbons (Fsp3) is 1.00. The third-order valence-electron chi connectivity index (χ3n) is 3.13. The van der Waals surface area contributed by atoms with Crippen LogP contribution in [0.25, 0.3) is 0 Å². The second kappa shape index (κ2) is 3.30. The Balaban J connectivity index is 0.000000605. The topological polar surface area (TPSA) is 35.2 Å². The lowest BCUT2D eigenvalue weighted by atomic mass is 9.94. The van der Waals surface area contributed by atoms with Gasteiger partial charge in [-0.15, -0.1) is 12.4 Å². The van der Waals surface area contributed by atoms with E-state index >= 15 is 0 Å². The molecule has 1 unspecified atom stereocenters. The monoisotopic (exact) mass is 177 g/mol. The lowest BCUT2D eigenvalue weighted by molar-refractivity contribution is 0.0525. The molecule has 2 aliphatic rings. The van der Waals surface area contributed by atoms with Crippen LogP contribution in [0, 0.1) is 11.3 Å². The maximum Gasteiger partial charge on any atom is 0.0471 e. The van der Waals surface area contributed by atoms with E-state index in [0.717, 1.165) is 25.7 Å². The van der Waals surface area contributed by atoms with Gasteiger partial charge < -0.3 is 10.5 Å². The summed E-state index contributed by atoms with van der Waals surface area (Å²) >= 11 is 0. The van der Waals surface area contributed by atoms with Gasteiger partial charge >= 0.3 is 0 Å². The van der Waals surface area contributed by atoms with Gasteiger partial charge in [0.25, 0.3) is 0 Å². The van der Waals surface area contributed by atoms with Crippen molar-refractivity contribution in [1.82, 2.24) is 0 Å². The van der Waals surface area contributed by atoms with E-state index in [-0.39, 0.29) is 12.4 Å². The third kappa shape index (κ3) is 1.53. The Hall–Kier alpha value is 0.210. The smallest absolute Gasteiger partial charge is 0.0471 e. The van der Waals surface area contributed by atoms with Gasteiger partial charge in [-0.1, -0.05) is 0 Å².